The van der Waals surface area contributed by atoms with Crippen LogP contribution >= 0.6 is 0 Å². The Balaban J connectivity index is 1.51. The van der Waals surface area contributed by atoms with Crippen LogP contribution in [0.25, 0.3) is 6.08 Å². The fraction of sp³-hybridized carbons (Fsp3) is 0.308. The molecular formula is C26H25F4N3O3. The predicted octanol–water partition coefficient (Wildman–Crippen LogP) is 5.55. The third-order valence-corrected chi connectivity index (χ3v) is 5.86. The van der Waals surface area contributed by atoms with E-state index in [-0.39, 0.29) is 12.3 Å². The van der Waals surface area contributed by atoms with Gasteiger partial charge in [-0.05, 0) is 54.1 Å². The maximum atomic E-state index is 13.4. The van der Waals surface area contributed by atoms with Crippen molar-refractivity contribution in [2.45, 2.75) is 19.4 Å². The van der Waals surface area contributed by atoms with Crippen molar-refractivity contribution in [1.82, 2.24) is 9.78 Å². The van der Waals surface area contributed by atoms with Crippen LogP contribution in [-0.4, -0.2) is 49.0 Å². The number of ketones is 1. The predicted molar refractivity (Wildman–Crippen MR) is 127 cm³/mol. The average Bonchev–Trinajstić information content (AvgIpc) is 3.32. The van der Waals surface area contributed by atoms with Crippen molar-refractivity contribution in [1.29, 1.82) is 0 Å². The molecule has 0 radical (unpaired) electrons. The lowest BCUT2D eigenvalue weighted by Gasteiger charge is -2.28. The van der Waals surface area contributed by atoms with Crippen molar-refractivity contribution < 1.29 is 31.8 Å². The average molecular weight is 503 g/mol. The fourth-order valence-corrected chi connectivity index (χ4v) is 3.97. The van der Waals surface area contributed by atoms with Crippen molar-refractivity contribution in [3.63, 3.8) is 0 Å². The number of ether oxygens (including phenoxy) is 2. The van der Waals surface area contributed by atoms with Gasteiger partial charge in [-0.25, -0.2) is 17.6 Å². The summed E-state index contributed by atoms with van der Waals surface area (Å²) >= 11 is 0. The number of hydrogen-bond donors (Lipinski definition) is 0. The van der Waals surface area contributed by atoms with Crippen LogP contribution in [-0.2, 0) is 11.3 Å². The van der Waals surface area contributed by atoms with E-state index in [1.165, 1.54) is 13.2 Å². The molecule has 0 saturated carbocycles. The van der Waals surface area contributed by atoms with E-state index in [0.29, 0.717) is 41.7 Å². The highest BCUT2D eigenvalue weighted by Crippen LogP contribution is 2.28. The van der Waals surface area contributed by atoms with Crippen LogP contribution in [0.5, 0.6) is 5.75 Å². The van der Waals surface area contributed by atoms with Gasteiger partial charge in [0.15, 0.2) is 5.78 Å². The van der Waals surface area contributed by atoms with Gasteiger partial charge in [0.05, 0.1) is 26.9 Å². The van der Waals surface area contributed by atoms with E-state index in [9.17, 15) is 22.4 Å². The number of nitrogens with zero attached hydrogens (tertiary/aromatic N) is 3. The number of hydrogen-bond acceptors (Lipinski definition) is 5. The molecule has 0 N–H and O–H groups in total. The summed E-state index contributed by atoms with van der Waals surface area (Å²) < 4.78 is 64.3. The molecule has 0 unspecified atom stereocenters. The second kappa shape index (κ2) is 11.4. The van der Waals surface area contributed by atoms with Gasteiger partial charge in [-0.15, -0.1) is 0 Å². The van der Waals surface area contributed by atoms with E-state index in [1.807, 2.05) is 12.1 Å². The van der Waals surface area contributed by atoms with Gasteiger partial charge in [-0.1, -0.05) is 12.1 Å². The second-order valence-electron chi connectivity index (χ2n) is 8.17. The minimum atomic E-state index is -2.97. The highest BCUT2D eigenvalue weighted by molar-refractivity contribution is 6.07. The Bertz CT molecular complexity index is 1220. The molecule has 2 heterocycles. The number of alkyl halides is 4. The molecule has 6 nitrogen and oxygen atoms in total. The van der Waals surface area contributed by atoms with Crippen LogP contribution in [0.4, 0.5) is 23.2 Å². The molecule has 1 fully saturated rings. The van der Waals surface area contributed by atoms with Crippen LogP contribution in [0.15, 0.2) is 54.6 Å². The van der Waals surface area contributed by atoms with Gasteiger partial charge in [0, 0.05) is 29.9 Å². The number of halogens is 4. The number of rotatable bonds is 9. The normalized spacial score (nSPS) is 14.2. The van der Waals surface area contributed by atoms with E-state index in [0.717, 1.165) is 23.5 Å². The SMILES string of the molecule is COc1ccc(/C=C/C(=O)c2ccc(N3CCOCC3)cc2)cc1Cn1nc(C(F)F)cc1C(F)F. The molecule has 4 rings (SSSR count). The first-order valence-corrected chi connectivity index (χ1v) is 11.3. The Hall–Kier alpha value is -3.66. The zero-order valence-corrected chi connectivity index (χ0v) is 19.5. The number of methoxy groups -OCH3 is 1. The van der Waals surface area contributed by atoms with Gasteiger partial charge in [0.1, 0.15) is 17.1 Å². The maximum absolute atomic E-state index is 13.4. The molecule has 1 saturated heterocycles. The molecule has 1 aromatic heterocycles. The molecule has 36 heavy (non-hydrogen) atoms. The van der Waals surface area contributed by atoms with E-state index in [2.05, 4.69) is 10.00 Å². The van der Waals surface area contributed by atoms with Gasteiger partial charge < -0.3 is 14.4 Å². The third kappa shape index (κ3) is 5.93. The largest absolute Gasteiger partial charge is 0.496 e. The van der Waals surface area contributed by atoms with Gasteiger partial charge in [0.25, 0.3) is 12.9 Å². The molecule has 1 aliphatic heterocycles. The van der Waals surface area contributed by atoms with Crippen molar-refractivity contribution in [2.24, 2.45) is 0 Å². The first kappa shape index (κ1) is 25.4. The Kier molecular flexibility index (Phi) is 8.04. The summed E-state index contributed by atoms with van der Waals surface area (Å²) in [7, 11) is 1.42. The number of anilines is 1. The molecule has 0 spiro atoms. The summed E-state index contributed by atoms with van der Waals surface area (Å²) in [5.74, 6) is 0.182. The molecular weight excluding hydrogens is 478 g/mol. The van der Waals surface area contributed by atoms with Crippen molar-refractivity contribution in [3.05, 3.63) is 82.7 Å². The van der Waals surface area contributed by atoms with Crippen LogP contribution in [0.2, 0.25) is 0 Å². The summed E-state index contributed by atoms with van der Waals surface area (Å²) in [6.07, 6.45) is -2.91. The van der Waals surface area contributed by atoms with E-state index in [1.54, 1.807) is 36.4 Å². The molecule has 0 bridgehead atoms. The molecule has 0 aliphatic carbocycles. The zero-order chi connectivity index (χ0) is 25.7. The molecule has 2 aromatic carbocycles. The minimum Gasteiger partial charge on any atom is -0.496 e. The van der Waals surface area contributed by atoms with E-state index < -0.39 is 24.2 Å². The first-order valence-electron chi connectivity index (χ1n) is 11.3. The Morgan fingerprint density at radius 1 is 1.06 bits per heavy atom. The van der Waals surface area contributed by atoms with Crippen molar-refractivity contribution >= 4 is 17.5 Å². The summed E-state index contributed by atoms with van der Waals surface area (Å²) in [6, 6.07) is 13.0. The van der Waals surface area contributed by atoms with Crippen LogP contribution in [0.1, 0.15) is 45.7 Å². The van der Waals surface area contributed by atoms with E-state index >= 15 is 0 Å². The molecule has 0 atom stereocenters. The summed E-state index contributed by atoms with van der Waals surface area (Å²) in [5, 5.41) is 3.63. The van der Waals surface area contributed by atoms with Gasteiger partial charge in [0.2, 0.25) is 0 Å². The topological polar surface area (TPSA) is 56.6 Å². The third-order valence-electron chi connectivity index (χ3n) is 5.86. The Morgan fingerprint density at radius 3 is 2.42 bits per heavy atom. The van der Waals surface area contributed by atoms with Gasteiger partial charge in [-0.2, -0.15) is 5.10 Å². The zero-order valence-electron chi connectivity index (χ0n) is 19.5. The molecule has 0 amide bonds. The number of morpholine rings is 1. The van der Waals surface area contributed by atoms with Crippen molar-refractivity contribution in [3.8, 4) is 5.75 Å². The number of aromatic nitrogens is 2. The summed E-state index contributed by atoms with van der Waals surface area (Å²) in [5.41, 5.74) is 1.29. The van der Waals surface area contributed by atoms with Crippen LogP contribution in [0, 0.1) is 0 Å². The minimum absolute atomic E-state index is 0.200. The second-order valence-corrected chi connectivity index (χ2v) is 8.17. The quantitative estimate of drug-likeness (QED) is 0.218. The number of benzene rings is 2. The van der Waals surface area contributed by atoms with Crippen LogP contribution < -0.4 is 9.64 Å². The van der Waals surface area contributed by atoms with Gasteiger partial charge >= 0.3 is 0 Å². The standard InChI is InChI=1S/C26H25F4N3O3/c1-35-24-9-3-17(14-19(24)16-33-22(26(29)30)15-21(31-33)25(27)28)2-8-23(34)18-4-6-20(7-5-18)32-10-12-36-13-11-32/h2-9,14-15,25-26H,10-13,16H2,1H3/b8-2+. The molecule has 10 heteroatoms. The molecule has 1 aliphatic rings. The van der Waals surface area contributed by atoms with E-state index in [4.69, 9.17) is 9.47 Å². The lowest BCUT2D eigenvalue weighted by Crippen LogP contribution is -2.36. The Morgan fingerprint density at radius 2 is 1.78 bits per heavy atom. The number of carbonyl (C=O) groups excluding carboxylic acids is 1. The maximum Gasteiger partial charge on any atom is 0.282 e. The highest BCUT2D eigenvalue weighted by Gasteiger charge is 2.22. The molecule has 190 valence electrons. The van der Waals surface area contributed by atoms with Gasteiger partial charge in [-0.3, -0.25) is 9.48 Å². The number of allylic oxidation sites excluding steroid dienone is 1. The summed E-state index contributed by atoms with van der Waals surface area (Å²) in [6.45, 7) is 2.74. The number of carbonyl (C=O) groups is 1. The highest BCUT2D eigenvalue weighted by atomic mass is 19.3. The monoisotopic (exact) mass is 503 g/mol. The fourth-order valence-electron chi connectivity index (χ4n) is 3.97. The lowest BCUT2D eigenvalue weighted by atomic mass is 10.1. The summed E-state index contributed by atoms with van der Waals surface area (Å²) in [4.78, 5) is 14.9. The lowest BCUT2D eigenvalue weighted by molar-refractivity contribution is 0.104. The Labute approximate surface area is 205 Å². The van der Waals surface area contributed by atoms with Crippen LogP contribution in [0.3, 0.4) is 0 Å². The smallest absolute Gasteiger partial charge is 0.282 e. The van der Waals surface area contributed by atoms with Crippen molar-refractivity contribution in [2.75, 3.05) is 38.3 Å². The molecule has 3 aromatic rings. The first-order chi connectivity index (χ1) is 17.4.